The molecule has 0 atom stereocenters. The number of hydrogen-bond acceptors (Lipinski definition) is 5. The molecule has 0 bridgehead atoms. The number of amides is 2. The van der Waals surface area contributed by atoms with E-state index in [4.69, 9.17) is 9.47 Å². The third kappa shape index (κ3) is 4.17. The summed E-state index contributed by atoms with van der Waals surface area (Å²) in [6.07, 6.45) is 0.945. The number of aryl methyl sites for hydroxylation is 1. The van der Waals surface area contributed by atoms with Crippen molar-refractivity contribution in [3.63, 3.8) is 0 Å². The number of benzene rings is 1. The van der Waals surface area contributed by atoms with E-state index in [1.807, 2.05) is 25.2 Å². The Hall–Kier alpha value is -2.28. The first kappa shape index (κ1) is 16.6. The lowest BCUT2D eigenvalue weighted by atomic mass is 10.1. The smallest absolute Gasteiger partial charge is 0.242 e. The maximum absolute atomic E-state index is 12.1. The van der Waals surface area contributed by atoms with Gasteiger partial charge in [0.05, 0.1) is 6.54 Å². The van der Waals surface area contributed by atoms with E-state index in [0.29, 0.717) is 12.8 Å². The van der Waals surface area contributed by atoms with Gasteiger partial charge in [-0.25, -0.2) is 0 Å². The highest BCUT2D eigenvalue weighted by Crippen LogP contribution is 2.32. The third-order valence-electron chi connectivity index (χ3n) is 4.37. The van der Waals surface area contributed by atoms with E-state index in [0.717, 1.165) is 43.2 Å². The van der Waals surface area contributed by atoms with Gasteiger partial charge >= 0.3 is 0 Å². The zero-order valence-electron chi connectivity index (χ0n) is 13.9. The van der Waals surface area contributed by atoms with Gasteiger partial charge in [-0.15, -0.1) is 0 Å². The Bertz CT molecular complexity index is 612. The van der Waals surface area contributed by atoms with E-state index >= 15 is 0 Å². The topological polar surface area (TPSA) is 71.1 Å². The molecule has 1 fully saturated rings. The van der Waals surface area contributed by atoms with Gasteiger partial charge in [0, 0.05) is 32.6 Å². The molecule has 0 spiro atoms. The Morgan fingerprint density at radius 2 is 1.88 bits per heavy atom. The Balaban J connectivity index is 1.39. The summed E-state index contributed by atoms with van der Waals surface area (Å²) in [5, 5.41) is 2.71. The molecule has 3 rings (SSSR count). The SMILES string of the molecule is CN1CCN(C(=O)CNC(=O)CCc2ccc3c(c2)OCO3)CC1. The number of fused-ring (bicyclic) bond motifs is 1. The standard InChI is InChI=1S/C17H23N3O4/c1-19-6-8-20(9-7-19)17(22)11-18-16(21)5-3-13-2-4-14-15(10-13)24-12-23-14/h2,4,10H,3,5-9,11-12H2,1H3,(H,18,21). The Morgan fingerprint density at radius 1 is 1.12 bits per heavy atom. The predicted octanol–water partition coefficient (Wildman–Crippen LogP) is 0.238. The van der Waals surface area contributed by atoms with Gasteiger partial charge in [0.1, 0.15) is 0 Å². The molecule has 7 heteroatoms. The average Bonchev–Trinajstić information content (AvgIpc) is 3.06. The van der Waals surface area contributed by atoms with Crippen molar-refractivity contribution in [2.24, 2.45) is 0 Å². The fraction of sp³-hybridized carbons (Fsp3) is 0.529. The molecule has 0 saturated carbocycles. The zero-order chi connectivity index (χ0) is 16.9. The molecule has 130 valence electrons. The van der Waals surface area contributed by atoms with Crippen molar-refractivity contribution in [3.05, 3.63) is 23.8 Å². The number of carbonyl (C=O) groups excluding carboxylic acids is 2. The van der Waals surface area contributed by atoms with Gasteiger partial charge in [-0.05, 0) is 31.2 Å². The first-order chi connectivity index (χ1) is 11.6. The molecule has 2 aliphatic rings. The monoisotopic (exact) mass is 333 g/mol. The largest absolute Gasteiger partial charge is 0.454 e. The number of ether oxygens (including phenoxy) is 2. The molecule has 1 N–H and O–H groups in total. The normalized spacial score (nSPS) is 17.0. The molecule has 1 saturated heterocycles. The molecule has 24 heavy (non-hydrogen) atoms. The molecule has 0 aromatic heterocycles. The van der Waals surface area contributed by atoms with Gasteiger partial charge < -0.3 is 24.6 Å². The van der Waals surface area contributed by atoms with Crippen molar-refractivity contribution >= 4 is 11.8 Å². The number of likely N-dealkylation sites (N-methyl/N-ethyl adjacent to an activating group) is 1. The zero-order valence-corrected chi connectivity index (χ0v) is 13.9. The lowest BCUT2D eigenvalue weighted by molar-refractivity contribution is -0.134. The summed E-state index contributed by atoms with van der Waals surface area (Å²) in [4.78, 5) is 28.0. The minimum Gasteiger partial charge on any atom is -0.454 e. The van der Waals surface area contributed by atoms with Crippen LogP contribution in [-0.4, -0.2) is 68.2 Å². The fourth-order valence-electron chi connectivity index (χ4n) is 2.78. The molecule has 7 nitrogen and oxygen atoms in total. The second-order valence-corrected chi connectivity index (χ2v) is 6.15. The molecular formula is C17H23N3O4. The van der Waals surface area contributed by atoms with Gasteiger partial charge in [-0.2, -0.15) is 0 Å². The first-order valence-electron chi connectivity index (χ1n) is 8.23. The summed E-state index contributed by atoms with van der Waals surface area (Å²) in [5.41, 5.74) is 1.01. The molecule has 2 aliphatic heterocycles. The van der Waals surface area contributed by atoms with Crippen LogP contribution < -0.4 is 14.8 Å². The number of hydrogen-bond donors (Lipinski definition) is 1. The summed E-state index contributed by atoms with van der Waals surface area (Å²) in [6.45, 7) is 3.52. The quantitative estimate of drug-likeness (QED) is 0.836. The summed E-state index contributed by atoms with van der Waals surface area (Å²) < 4.78 is 10.6. The maximum Gasteiger partial charge on any atom is 0.242 e. The van der Waals surface area contributed by atoms with Crippen molar-refractivity contribution in [3.8, 4) is 11.5 Å². The van der Waals surface area contributed by atoms with Crippen LogP contribution in [0, 0.1) is 0 Å². The molecule has 0 unspecified atom stereocenters. The molecule has 2 amide bonds. The second-order valence-electron chi connectivity index (χ2n) is 6.15. The van der Waals surface area contributed by atoms with Crippen LogP contribution in [-0.2, 0) is 16.0 Å². The van der Waals surface area contributed by atoms with Crippen LogP contribution in [0.4, 0.5) is 0 Å². The van der Waals surface area contributed by atoms with E-state index in [-0.39, 0.29) is 25.2 Å². The van der Waals surface area contributed by atoms with Crippen molar-refractivity contribution in [2.45, 2.75) is 12.8 Å². The highest BCUT2D eigenvalue weighted by atomic mass is 16.7. The Labute approximate surface area is 141 Å². The second kappa shape index (κ2) is 7.53. The molecule has 1 aromatic rings. The van der Waals surface area contributed by atoms with Gasteiger partial charge in [-0.3, -0.25) is 9.59 Å². The number of nitrogens with one attached hydrogen (secondary N) is 1. The van der Waals surface area contributed by atoms with Crippen molar-refractivity contribution in [2.75, 3.05) is 46.6 Å². The predicted molar refractivity (Wildman–Crippen MR) is 88.0 cm³/mol. The van der Waals surface area contributed by atoms with E-state index in [1.165, 1.54) is 0 Å². The molecule has 2 heterocycles. The van der Waals surface area contributed by atoms with Crippen LogP contribution >= 0.6 is 0 Å². The highest BCUT2D eigenvalue weighted by molar-refractivity contribution is 5.84. The lowest BCUT2D eigenvalue weighted by Gasteiger charge is -2.32. The molecule has 0 radical (unpaired) electrons. The highest BCUT2D eigenvalue weighted by Gasteiger charge is 2.19. The van der Waals surface area contributed by atoms with Crippen LogP contribution in [0.2, 0.25) is 0 Å². The van der Waals surface area contributed by atoms with Crippen LogP contribution in [0.15, 0.2) is 18.2 Å². The van der Waals surface area contributed by atoms with Crippen molar-refractivity contribution in [1.29, 1.82) is 0 Å². The van der Waals surface area contributed by atoms with Gasteiger partial charge in [0.25, 0.3) is 0 Å². The van der Waals surface area contributed by atoms with Crippen molar-refractivity contribution < 1.29 is 19.1 Å². The average molecular weight is 333 g/mol. The van der Waals surface area contributed by atoms with E-state index in [2.05, 4.69) is 10.2 Å². The van der Waals surface area contributed by atoms with Crippen LogP contribution in [0.3, 0.4) is 0 Å². The fourth-order valence-corrected chi connectivity index (χ4v) is 2.78. The van der Waals surface area contributed by atoms with Gasteiger partial charge in [0.15, 0.2) is 11.5 Å². The Morgan fingerprint density at radius 3 is 2.67 bits per heavy atom. The van der Waals surface area contributed by atoms with E-state index < -0.39 is 0 Å². The van der Waals surface area contributed by atoms with Crippen LogP contribution in [0.1, 0.15) is 12.0 Å². The maximum atomic E-state index is 12.1. The minimum atomic E-state index is -0.116. The van der Waals surface area contributed by atoms with Gasteiger partial charge in [0.2, 0.25) is 18.6 Å². The number of piperazine rings is 1. The van der Waals surface area contributed by atoms with Gasteiger partial charge in [-0.1, -0.05) is 6.07 Å². The number of rotatable bonds is 5. The molecule has 1 aromatic carbocycles. The third-order valence-corrected chi connectivity index (χ3v) is 4.37. The lowest BCUT2D eigenvalue weighted by Crippen LogP contribution is -2.50. The first-order valence-corrected chi connectivity index (χ1v) is 8.23. The number of carbonyl (C=O) groups is 2. The summed E-state index contributed by atoms with van der Waals surface area (Å²) in [5.74, 6) is 1.33. The van der Waals surface area contributed by atoms with E-state index in [1.54, 1.807) is 4.90 Å². The Kier molecular flexibility index (Phi) is 5.20. The summed E-state index contributed by atoms with van der Waals surface area (Å²) in [7, 11) is 2.04. The summed E-state index contributed by atoms with van der Waals surface area (Å²) >= 11 is 0. The molecule has 0 aliphatic carbocycles. The van der Waals surface area contributed by atoms with E-state index in [9.17, 15) is 9.59 Å². The van der Waals surface area contributed by atoms with Crippen LogP contribution in [0.25, 0.3) is 0 Å². The molecular weight excluding hydrogens is 310 g/mol. The number of nitrogens with zero attached hydrogens (tertiary/aromatic N) is 2. The summed E-state index contributed by atoms with van der Waals surface area (Å²) in [6, 6.07) is 5.67. The van der Waals surface area contributed by atoms with Crippen molar-refractivity contribution in [1.82, 2.24) is 15.1 Å². The minimum absolute atomic E-state index is 0.0143. The van der Waals surface area contributed by atoms with Crippen LogP contribution in [0.5, 0.6) is 11.5 Å².